The van der Waals surface area contributed by atoms with E-state index < -0.39 is 5.79 Å². The van der Waals surface area contributed by atoms with Crippen molar-refractivity contribution in [2.45, 2.75) is 62.7 Å². The molecule has 4 rings (SSSR count). The highest BCUT2D eigenvalue weighted by molar-refractivity contribution is 5.35. The summed E-state index contributed by atoms with van der Waals surface area (Å²) in [6.07, 6.45) is 8.96. The zero-order valence-corrected chi connectivity index (χ0v) is 9.98. The zero-order valence-electron chi connectivity index (χ0n) is 9.98. The van der Waals surface area contributed by atoms with Crippen molar-refractivity contribution in [3.8, 4) is 0 Å². The Bertz CT molecular complexity index is 365. The van der Waals surface area contributed by atoms with Gasteiger partial charge in [-0.15, -0.1) is 0 Å². The summed E-state index contributed by atoms with van der Waals surface area (Å²) < 4.78 is 12.1. The van der Waals surface area contributed by atoms with Crippen LogP contribution in [0.5, 0.6) is 0 Å². The number of ether oxygens (including phenoxy) is 2. The van der Waals surface area contributed by atoms with Gasteiger partial charge in [-0.1, -0.05) is 18.6 Å². The SMILES string of the molecule is CC1(C)O[C@H]2C=C[C@@H]3N4CCCC[C@@]34[C@H]2O1. The number of hydrogen-bond acceptors (Lipinski definition) is 3. The number of piperidine rings is 1. The fraction of sp³-hybridized carbons (Fsp3) is 0.846. The second kappa shape index (κ2) is 2.71. The molecule has 0 bridgehead atoms. The van der Waals surface area contributed by atoms with Crippen LogP contribution in [0.25, 0.3) is 0 Å². The smallest absolute Gasteiger partial charge is 0.164 e. The summed E-state index contributed by atoms with van der Waals surface area (Å²) in [7, 11) is 0. The highest BCUT2D eigenvalue weighted by atomic mass is 16.8. The third-order valence-corrected chi connectivity index (χ3v) is 4.65. The van der Waals surface area contributed by atoms with E-state index in [0.717, 1.165) is 0 Å². The quantitative estimate of drug-likeness (QED) is 0.459. The topological polar surface area (TPSA) is 21.5 Å². The third kappa shape index (κ3) is 0.998. The molecule has 0 N–H and O–H groups in total. The normalized spacial score (nSPS) is 56.4. The van der Waals surface area contributed by atoms with Crippen molar-refractivity contribution in [2.24, 2.45) is 0 Å². The van der Waals surface area contributed by atoms with Gasteiger partial charge in [0.25, 0.3) is 0 Å². The van der Waals surface area contributed by atoms with E-state index in [9.17, 15) is 0 Å². The van der Waals surface area contributed by atoms with Crippen LogP contribution in [0.15, 0.2) is 12.2 Å². The van der Waals surface area contributed by atoms with E-state index in [1.165, 1.54) is 25.8 Å². The van der Waals surface area contributed by atoms with E-state index in [4.69, 9.17) is 9.47 Å². The van der Waals surface area contributed by atoms with Gasteiger partial charge in [0.05, 0.1) is 5.54 Å². The molecule has 0 aromatic rings. The molecule has 3 saturated heterocycles. The fourth-order valence-corrected chi connectivity index (χ4v) is 4.04. The van der Waals surface area contributed by atoms with E-state index in [1.54, 1.807) is 0 Å². The van der Waals surface area contributed by atoms with Crippen molar-refractivity contribution in [2.75, 3.05) is 6.54 Å². The van der Waals surface area contributed by atoms with Crippen molar-refractivity contribution < 1.29 is 9.47 Å². The summed E-state index contributed by atoms with van der Waals surface area (Å²) in [6, 6.07) is 0.633. The minimum atomic E-state index is -0.408. The highest BCUT2D eigenvalue weighted by Crippen LogP contribution is 2.57. The Morgan fingerprint density at radius 2 is 2.06 bits per heavy atom. The van der Waals surface area contributed by atoms with Crippen LogP contribution in [0.4, 0.5) is 0 Å². The van der Waals surface area contributed by atoms with Crippen molar-refractivity contribution in [3.05, 3.63) is 12.2 Å². The lowest BCUT2D eigenvalue weighted by Crippen LogP contribution is -2.44. The number of hydrogen-bond donors (Lipinski definition) is 0. The van der Waals surface area contributed by atoms with Crippen molar-refractivity contribution in [1.29, 1.82) is 0 Å². The first kappa shape index (κ1) is 9.63. The molecule has 4 aliphatic rings. The molecule has 5 atom stereocenters. The van der Waals surface area contributed by atoms with Gasteiger partial charge in [0.15, 0.2) is 5.79 Å². The fourth-order valence-electron chi connectivity index (χ4n) is 4.04. The van der Waals surface area contributed by atoms with Gasteiger partial charge in [-0.2, -0.15) is 0 Å². The van der Waals surface area contributed by atoms with Crippen molar-refractivity contribution in [3.63, 3.8) is 0 Å². The predicted octanol–water partition coefficient (Wildman–Crippen LogP) is 1.68. The van der Waals surface area contributed by atoms with E-state index in [-0.39, 0.29) is 12.2 Å². The van der Waals surface area contributed by atoms with Gasteiger partial charge >= 0.3 is 0 Å². The molecule has 1 unspecified atom stereocenters. The molecule has 3 heterocycles. The van der Waals surface area contributed by atoms with Crippen LogP contribution in [0.2, 0.25) is 0 Å². The summed E-state index contributed by atoms with van der Waals surface area (Å²) >= 11 is 0. The minimum absolute atomic E-state index is 0.175. The summed E-state index contributed by atoms with van der Waals surface area (Å²) in [5.41, 5.74) is 0.297. The van der Waals surface area contributed by atoms with Crippen LogP contribution in [-0.2, 0) is 9.47 Å². The summed E-state index contributed by atoms with van der Waals surface area (Å²) in [5, 5.41) is 0. The first-order chi connectivity index (χ1) is 7.63. The third-order valence-electron chi connectivity index (χ3n) is 4.65. The lowest BCUT2D eigenvalue weighted by Gasteiger charge is -2.30. The maximum atomic E-state index is 6.15. The van der Waals surface area contributed by atoms with E-state index in [0.29, 0.717) is 11.6 Å². The van der Waals surface area contributed by atoms with Crippen molar-refractivity contribution >= 4 is 0 Å². The molecule has 16 heavy (non-hydrogen) atoms. The Morgan fingerprint density at radius 1 is 1.19 bits per heavy atom. The van der Waals surface area contributed by atoms with Crippen LogP contribution < -0.4 is 0 Å². The minimum Gasteiger partial charge on any atom is -0.342 e. The van der Waals surface area contributed by atoms with Gasteiger partial charge in [-0.25, -0.2) is 0 Å². The van der Waals surface area contributed by atoms with E-state index >= 15 is 0 Å². The molecule has 0 aromatic heterocycles. The molecule has 0 aromatic carbocycles. The molecular weight excluding hydrogens is 202 g/mol. The average Bonchev–Trinajstić information content (AvgIpc) is 2.80. The molecule has 1 spiro atoms. The first-order valence-electron chi connectivity index (χ1n) is 6.44. The molecule has 0 radical (unpaired) electrons. The lowest BCUT2D eigenvalue weighted by molar-refractivity contribution is -0.148. The summed E-state index contributed by atoms with van der Waals surface area (Å²) in [4.78, 5) is 2.61. The molecule has 0 saturated carbocycles. The van der Waals surface area contributed by atoms with Crippen LogP contribution in [-0.4, -0.2) is 41.0 Å². The molecule has 3 nitrogen and oxygen atoms in total. The number of rotatable bonds is 0. The van der Waals surface area contributed by atoms with E-state index in [2.05, 4.69) is 17.1 Å². The van der Waals surface area contributed by atoms with Gasteiger partial charge in [-0.3, -0.25) is 4.90 Å². The van der Waals surface area contributed by atoms with Crippen molar-refractivity contribution in [1.82, 2.24) is 4.90 Å². The second-order valence-electron chi connectivity index (χ2n) is 5.99. The maximum Gasteiger partial charge on any atom is 0.164 e. The zero-order chi connectivity index (χ0) is 11.0. The largest absolute Gasteiger partial charge is 0.342 e. The second-order valence-corrected chi connectivity index (χ2v) is 5.99. The Morgan fingerprint density at radius 3 is 2.94 bits per heavy atom. The van der Waals surface area contributed by atoms with Gasteiger partial charge < -0.3 is 9.47 Å². The molecule has 3 heteroatoms. The molecule has 0 amide bonds. The predicted molar refractivity (Wildman–Crippen MR) is 60.0 cm³/mol. The first-order valence-corrected chi connectivity index (χ1v) is 6.44. The Hall–Kier alpha value is -0.380. The van der Waals surface area contributed by atoms with Gasteiger partial charge in [0, 0.05) is 6.04 Å². The monoisotopic (exact) mass is 221 g/mol. The Kier molecular flexibility index (Phi) is 1.63. The molecule has 88 valence electrons. The van der Waals surface area contributed by atoms with E-state index in [1.807, 2.05) is 13.8 Å². The van der Waals surface area contributed by atoms with Gasteiger partial charge in [-0.05, 0) is 33.2 Å². The van der Waals surface area contributed by atoms with Gasteiger partial charge in [0.1, 0.15) is 12.2 Å². The molecule has 3 aliphatic heterocycles. The molecular formula is C13H19NO2. The standard InChI is InChI=1S/C13H19NO2/c1-12(2)15-9-5-6-10-13(11(9)16-12)7-3-4-8-14(10)13/h5-6,9-11H,3-4,7-8H2,1-2H3/t9-,10-,11-,13-,14?/m0/s1. The Balaban J connectivity index is 1.71. The average molecular weight is 221 g/mol. The van der Waals surface area contributed by atoms with Crippen LogP contribution >= 0.6 is 0 Å². The van der Waals surface area contributed by atoms with Crippen LogP contribution in [0.1, 0.15) is 33.1 Å². The van der Waals surface area contributed by atoms with Gasteiger partial charge in [0.2, 0.25) is 0 Å². The summed E-state index contributed by atoms with van der Waals surface area (Å²) in [5.74, 6) is -0.408. The molecule has 3 fully saturated rings. The summed E-state index contributed by atoms with van der Waals surface area (Å²) in [6.45, 7) is 5.29. The van der Waals surface area contributed by atoms with Crippen LogP contribution in [0, 0.1) is 0 Å². The number of fused-ring (bicyclic) bond motifs is 2. The number of nitrogens with zero attached hydrogens (tertiary/aromatic N) is 1. The highest BCUT2D eigenvalue weighted by Gasteiger charge is 2.71. The Labute approximate surface area is 96.4 Å². The lowest BCUT2D eigenvalue weighted by atomic mass is 9.84. The maximum absolute atomic E-state index is 6.15. The molecule has 1 aliphatic carbocycles. The van der Waals surface area contributed by atoms with Crippen LogP contribution in [0.3, 0.4) is 0 Å².